The Hall–Kier alpha value is -3.30. The number of nitrogens with one attached hydrogen (secondary N) is 1. The monoisotopic (exact) mass is 492 g/mol. The third-order valence-corrected chi connectivity index (χ3v) is 6.13. The van der Waals surface area contributed by atoms with E-state index in [2.05, 4.69) is 5.32 Å². The molecule has 1 amide bonds. The highest BCUT2D eigenvalue weighted by Crippen LogP contribution is 2.37. The molecule has 0 unspecified atom stereocenters. The van der Waals surface area contributed by atoms with Crippen molar-refractivity contribution in [3.63, 3.8) is 0 Å². The zero-order chi connectivity index (χ0) is 24.2. The SMILES string of the molecule is COc1cc(C(=O)Nc2cccc(Cl)c2)c(N(Cc2ccccc2F)S(C)(=O)=O)cc1OC. The van der Waals surface area contributed by atoms with E-state index in [9.17, 15) is 17.6 Å². The zero-order valence-corrected chi connectivity index (χ0v) is 19.7. The third-order valence-electron chi connectivity index (χ3n) is 4.77. The van der Waals surface area contributed by atoms with Gasteiger partial charge in [-0.2, -0.15) is 0 Å². The van der Waals surface area contributed by atoms with Crippen LogP contribution in [0.2, 0.25) is 5.02 Å². The normalized spacial score (nSPS) is 11.1. The van der Waals surface area contributed by atoms with Crippen molar-refractivity contribution in [3.8, 4) is 11.5 Å². The number of rotatable bonds is 8. The number of benzene rings is 3. The molecule has 1 N–H and O–H groups in total. The van der Waals surface area contributed by atoms with Crippen LogP contribution in [-0.2, 0) is 16.6 Å². The molecule has 7 nitrogen and oxygen atoms in total. The van der Waals surface area contributed by atoms with Crippen molar-refractivity contribution in [2.24, 2.45) is 0 Å². The van der Waals surface area contributed by atoms with Crippen molar-refractivity contribution in [1.82, 2.24) is 0 Å². The number of carbonyl (C=O) groups is 1. The minimum Gasteiger partial charge on any atom is -0.493 e. The van der Waals surface area contributed by atoms with E-state index >= 15 is 0 Å². The molecule has 10 heteroatoms. The Morgan fingerprint density at radius 1 is 1.03 bits per heavy atom. The van der Waals surface area contributed by atoms with E-state index in [1.165, 1.54) is 44.6 Å². The van der Waals surface area contributed by atoms with Gasteiger partial charge < -0.3 is 14.8 Å². The van der Waals surface area contributed by atoms with Gasteiger partial charge in [-0.05, 0) is 30.3 Å². The van der Waals surface area contributed by atoms with Crippen LogP contribution in [0.15, 0.2) is 60.7 Å². The van der Waals surface area contributed by atoms with Crippen LogP contribution in [-0.4, -0.2) is 34.8 Å². The van der Waals surface area contributed by atoms with Gasteiger partial charge >= 0.3 is 0 Å². The minimum atomic E-state index is -3.94. The Labute approximate surface area is 196 Å². The number of anilines is 2. The second-order valence-corrected chi connectivity index (χ2v) is 9.39. The number of sulfonamides is 1. The molecule has 0 aliphatic rings. The van der Waals surface area contributed by atoms with Crippen LogP contribution in [0.1, 0.15) is 15.9 Å². The molecule has 0 bridgehead atoms. The van der Waals surface area contributed by atoms with Gasteiger partial charge in [-0.1, -0.05) is 35.9 Å². The number of hydrogen-bond acceptors (Lipinski definition) is 5. The lowest BCUT2D eigenvalue weighted by Crippen LogP contribution is -2.32. The fourth-order valence-corrected chi connectivity index (χ4v) is 4.26. The summed E-state index contributed by atoms with van der Waals surface area (Å²) in [4.78, 5) is 13.2. The maximum Gasteiger partial charge on any atom is 0.257 e. The summed E-state index contributed by atoms with van der Waals surface area (Å²) < 4.78 is 51.4. The molecule has 0 atom stereocenters. The lowest BCUT2D eigenvalue weighted by molar-refractivity contribution is 0.102. The maximum absolute atomic E-state index is 14.3. The molecule has 3 rings (SSSR count). The number of hydrogen-bond donors (Lipinski definition) is 1. The summed E-state index contributed by atoms with van der Waals surface area (Å²) in [5, 5.41) is 3.11. The van der Waals surface area contributed by atoms with Gasteiger partial charge in [0.2, 0.25) is 10.0 Å². The predicted molar refractivity (Wildman–Crippen MR) is 126 cm³/mol. The van der Waals surface area contributed by atoms with Gasteiger partial charge in [0.25, 0.3) is 5.91 Å². The molecule has 174 valence electrons. The molecule has 3 aromatic rings. The van der Waals surface area contributed by atoms with E-state index in [0.29, 0.717) is 10.7 Å². The number of halogens is 2. The molecule has 3 aromatic carbocycles. The molecule has 0 heterocycles. The average Bonchev–Trinajstić information content (AvgIpc) is 2.76. The number of nitrogens with zero attached hydrogens (tertiary/aromatic N) is 1. The fourth-order valence-electron chi connectivity index (χ4n) is 3.18. The summed E-state index contributed by atoms with van der Waals surface area (Å²) >= 11 is 6.00. The molecule has 0 saturated carbocycles. The molecule has 0 aromatic heterocycles. The van der Waals surface area contributed by atoms with Gasteiger partial charge in [0.1, 0.15) is 5.82 Å². The molecule has 33 heavy (non-hydrogen) atoms. The standard InChI is InChI=1S/C23H22ClFN2O5S/c1-31-21-12-18(23(28)26-17-9-6-8-16(24)11-17)20(13-22(21)32-2)27(33(3,29)30)14-15-7-4-5-10-19(15)25/h4-13H,14H2,1-3H3,(H,26,28). The van der Waals surface area contributed by atoms with Crippen LogP contribution in [0.5, 0.6) is 11.5 Å². The van der Waals surface area contributed by atoms with E-state index in [4.69, 9.17) is 21.1 Å². The average molecular weight is 493 g/mol. The Bertz CT molecular complexity index is 1280. The van der Waals surface area contributed by atoms with Crippen molar-refractivity contribution < 1.29 is 27.1 Å². The third kappa shape index (κ3) is 5.74. The van der Waals surface area contributed by atoms with Crippen molar-refractivity contribution in [2.75, 3.05) is 30.1 Å². The maximum atomic E-state index is 14.3. The van der Waals surface area contributed by atoms with Gasteiger partial charge in [0.05, 0.1) is 38.3 Å². The summed E-state index contributed by atoms with van der Waals surface area (Å²) in [5.74, 6) is -0.766. The van der Waals surface area contributed by atoms with Crippen LogP contribution in [0.3, 0.4) is 0 Å². The summed E-state index contributed by atoms with van der Waals surface area (Å²) in [5.41, 5.74) is 0.527. The number of amides is 1. The largest absolute Gasteiger partial charge is 0.493 e. The molecular formula is C23H22ClFN2O5S. The number of methoxy groups -OCH3 is 2. The van der Waals surface area contributed by atoms with Crippen LogP contribution in [0, 0.1) is 5.82 Å². The lowest BCUT2D eigenvalue weighted by Gasteiger charge is -2.26. The van der Waals surface area contributed by atoms with Crippen LogP contribution in [0.25, 0.3) is 0 Å². The van der Waals surface area contributed by atoms with E-state index in [0.717, 1.165) is 10.6 Å². The van der Waals surface area contributed by atoms with Gasteiger partial charge in [-0.15, -0.1) is 0 Å². The zero-order valence-electron chi connectivity index (χ0n) is 18.1. The topological polar surface area (TPSA) is 84.9 Å². The number of carbonyl (C=O) groups excluding carboxylic acids is 1. The van der Waals surface area contributed by atoms with E-state index in [1.54, 1.807) is 30.3 Å². The smallest absolute Gasteiger partial charge is 0.257 e. The minimum absolute atomic E-state index is 0.00192. The van der Waals surface area contributed by atoms with Crippen LogP contribution >= 0.6 is 11.6 Å². The molecular weight excluding hydrogens is 471 g/mol. The summed E-state index contributed by atoms with van der Waals surface area (Å²) in [7, 11) is -1.17. The highest BCUT2D eigenvalue weighted by atomic mass is 35.5. The lowest BCUT2D eigenvalue weighted by atomic mass is 10.1. The highest BCUT2D eigenvalue weighted by molar-refractivity contribution is 7.92. The first kappa shape index (κ1) is 24.3. The predicted octanol–water partition coefficient (Wildman–Crippen LogP) is 4.71. The summed E-state index contributed by atoms with van der Waals surface area (Å²) in [6.45, 7) is -0.335. The van der Waals surface area contributed by atoms with Crippen molar-refractivity contribution in [2.45, 2.75) is 6.54 Å². The van der Waals surface area contributed by atoms with E-state index in [-0.39, 0.29) is 34.9 Å². The van der Waals surface area contributed by atoms with Crippen LogP contribution in [0.4, 0.5) is 15.8 Å². The Balaban J connectivity index is 2.16. The van der Waals surface area contributed by atoms with E-state index in [1.807, 2.05) is 0 Å². The molecule has 0 aliphatic carbocycles. The Kier molecular flexibility index (Phi) is 7.45. The van der Waals surface area contributed by atoms with Crippen LogP contribution < -0.4 is 19.1 Å². The molecule has 0 fully saturated rings. The first-order valence-corrected chi connectivity index (χ1v) is 11.9. The van der Waals surface area contributed by atoms with E-state index < -0.39 is 21.7 Å². The van der Waals surface area contributed by atoms with Gasteiger partial charge in [0.15, 0.2) is 11.5 Å². The molecule has 0 aliphatic heterocycles. The van der Waals surface area contributed by atoms with Gasteiger partial charge in [0, 0.05) is 22.3 Å². The van der Waals surface area contributed by atoms with Gasteiger partial charge in [-0.25, -0.2) is 12.8 Å². The van der Waals surface area contributed by atoms with Crippen molar-refractivity contribution in [1.29, 1.82) is 0 Å². The fraction of sp³-hybridized carbons (Fsp3) is 0.174. The van der Waals surface area contributed by atoms with Crippen molar-refractivity contribution >= 4 is 38.9 Å². The highest BCUT2D eigenvalue weighted by Gasteiger charge is 2.27. The summed E-state index contributed by atoms with van der Waals surface area (Å²) in [6, 6.07) is 15.0. The second-order valence-electron chi connectivity index (χ2n) is 7.05. The second kappa shape index (κ2) is 10.1. The first-order valence-electron chi connectivity index (χ1n) is 9.68. The molecule has 0 spiro atoms. The molecule has 0 saturated heterocycles. The van der Waals surface area contributed by atoms with Crippen molar-refractivity contribution in [3.05, 3.63) is 82.6 Å². The summed E-state index contributed by atoms with van der Waals surface area (Å²) in [6.07, 6.45) is 0.975. The Morgan fingerprint density at radius 3 is 2.30 bits per heavy atom. The quantitative estimate of drug-likeness (QED) is 0.492. The Morgan fingerprint density at radius 2 is 1.70 bits per heavy atom. The van der Waals surface area contributed by atoms with Gasteiger partial charge in [-0.3, -0.25) is 9.10 Å². The first-order chi connectivity index (χ1) is 15.6. The molecule has 0 radical (unpaired) electrons. The number of ether oxygens (including phenoxy) is 2.